The van der Waals surface area contributed by atoms with Gasteiger partial charge in [-0.1, -0.05) is 66.7 Å². The van der Waals surface area contributed by atoms with Crippen molar-refractivity contribution >= 4 is 12.2 Å². The number of amides is 1. The van der Waals surface area contributed by atoms with E-state index in [9.17, 15) is 18.0 Å². The van der Waals surface area contributed by atoms with Gasteiger partial charge in [-0.25, -0.2) is 0 Å². The topological polar surface area (TPSA) is 102 Å². The number of carbonyl (C=O) groups excluding carboxylic acids is 1. The number of hydrogen-bond acceptors (Lipinski definition) is 3. The Morgan fingerprint density at radius 1 is 1.00 bits per heavy atom. The number of primary amides is 1. The fraction of sp³-hybridized carbons (Fsp3) is 0.185. The van der Waals surface area contributed by atoms with E-state index in [0.717, 1.165) is 29.0 Å². The maximum atomic E-state index is 11.9. The molecule has 0 saturated carbocycles. The number of phenolic OH excluding ortho intramolecular Hbond substituents is 1. The molecule has 0 aromatic heterocycles. The number of halogens is 3. The number of hydrogen-bond donors (Lipinski definition) is 3. The molecule has 1 radical (unpaired) electrons. The van der Waals surface area contributed by atoms with Gasteiger partial charge in [-0.3, -0.25) is 9.79 Å². The van der Waals surface area contributed by atoms with Crippen LogP contribution in [0.4, 0.5) is 13.2 Å². The number of alkyl halides is 3. The molecule has 6 nitrogen and oxygen atoms in total. The van der Waals surface area contributed by atoms with E-state index in [4.69, 9.17) is 10.8 Å². The van der Waals surface area contributed by atoms with Gasteiger partial charge in [-0.2, -0.15) is 13.2 Å². The Morgan fingerprint density at radius 2 is 1.59 bits per heavy atom. The largest absolute Gasteiger partial charge is 0.657 e. The third kappa shape index (κ3) is 9.42. The van der Waals surface area contributed by atoms with Gasteiger partial charge in [0.1, 0.15) is 11.8 Å². The van der Waals surface area contributed by atoms with Crippen molar-refractivity contribution in [3.05, 3.63) is 118 Å². The molecular formula is C27H26F3N4O2Y-. The molecular weight excluding hydrogens is 558 g/mol. The average Bonchev–Trinajstić information content (AvgIpc) is 2.88. The molecule has 1 aliphatic rings. The van der Waals surface area contributed by atoms with Gasteiger partial charge in [-0.15, -0.1) is 13.1 Å². The van der Waals surface area contributed by atoms with Crippen LogP contribution in [0.5, 0.6) is 5.75 Å². The number of phenols is 1. The molecule has 1 heterocycles. The minimum Gasteiger partial charge on any atom is -0.657 e. The van der Waals surface area contributed by atoms with Gasteiger partial charge in [0.05, 0.1) is 11.9 Å². The number of rotatable bonds is 6. The first-order valence-corrected chi connectivity index (χ1v) is 11.1. The quantitative estimate of drug-likeness (QED) is 0.270. The second-order valence-electron chi connectivity index (χ2n) is 7.87. The van der Waals surface area contributed by atoms with Crippen molar-refractivity contribution in [2.24, 2.45) is 10.7 Å². The monoisotopic (exact) mass is 584 g/mol. The van der Waals surface area contributed by atoms with E-state index < -0.39 is 17.6 Å². The molecule has 0 bridgehead atoms. The maximum Gasteiger partial charge on any atom is 0.416 e. The van der Waals surface area contributed by atoms with Crippen LogP contribution in [-0.4, -0.2) is 30.4 Å². The van der Waals surface area contributed by atoms with E-state index >= 15 is 0 Å². The van der Waals surface area contributed by atoms with Crippen LogP contribution < -0.4 is 11.1 Å². The van der Waals surface area contributed by atoms with Gasteiger partial charge in [0, 0.05) is 44.0 Å². The number of nitrogens with zero attached hydrogens (tertiary/aromatic N) is 2. The molecule has 1 aliphatic heterocycles. The van der Waals surface area contributed by atoms with Crippen molar-refractivity contribution in [2.75, 3.05) is 13.1 Å². The molecule has 37 heavy (non-hydrogen) atoms. The predicted molar refractivity (Wildman–Crippen MR) is 133 cm³/mol. The third-order valence-corrected chi connectivity index (χ3v) is 5.32. The molecule has 0 aliphatic carbocycles. The van der Waals surface area contributed by atoms with Crippen LogP contribution in [0.1, 0.15) is 29.2 Å². The SMILES string of the molecule is NC(=O)C1=C(NC=NC(c2ccccc2)c2ccccc2)C[N-]CC1.Oc1cccc(C(F)(F)F)c1.[Y]. The fourth-order valence-electron chi connectivity index (χ4n) is 3.54. The van der Waals surface area contributed by atoms with Crippen molar-refractivity contribution < 1.29 is 55.8 Å². The Balaban J connectivity index is 0.000000339. The van der Waals surface area contributed by atoms with E-state index in [0.29, 0.717) is 31.1 Å². The number of nitrogens with one attached hydrogen (secondary N) is 1. The molecule has 4 rings (SSSR count). The summed E-state index contributed by atoms with van der Waals surface area (Å²) >= 11 is 0. The fourth-order valence-corrected chi connectivity index (χ4v) is 3.54. The summed E-state index contributed by atoms with van der Waals surface area (Å²) in [6.45, 7) is 1.10. The molecule has 3 aromatic carbocycles. The van der Waals surface area contributed by atoms with Gasteiger partial charge >= 0.3 is 6.18 Å². The summed E-state index contributed by atoms with van der Waals surface area (Å²) in [5.41, 5.74) is 8.16. The number of benzene rings is 3. The summed E-state index contributed by atoms with van der Waals surface area (Å²) in [7, 11) is 0. The molecule has 10 heteroatoms. The van der Waals surface area contributed by atoms with Crippen LogP contribution in [0.2, 0.25) is 0 Å². The summed E-state index contributed by atoms with van der Waals surface area (Å²) < 4.78 is 35.6. The first-order chi connectivity index (χ1) is 17.3. The molecule has 0 fully saturated rings. The zero-order valence-electron chi connectivity index (χ0n) is 19.9. The molecule has 4 N–H and O–H groups in total. The summed E-state index contributed by atoms with van der Waals surface area (Å²) in [5, 5.41) is 16.1. The maximum absolute atomic E-state index is 11.9. The van der Waals surface area contributed by atoms with E-state index in [1.54, 1.807) is 6.34 Å². The minimum atomic E-state index is -4.38. The van der Waals surface area contributed by atoms with Gasteiger partial charge in [0.2, 0.25) is 5.91 Å². The summed E-state index contributed by atoms with van der Waals surface area (Å²) in [5.74, 6) is -0.770. The van der Waals surface area contributed by atoms with E-state index in [1.165, 1.54) is 6.07 Å². The van der Waals surface area contributed by atoms with Crippen molar-refractivity contribution in [3.8, 4) is 5.75 Å². The Morgan fingerprint density at radius 3 is 2.08 bits per heavy atom. The van der Waals surface area contributed by atoms with Gasteiger partial charge < -0.3 is 21.5 Å². The smallest absolute Gasteiger partial charge is 0.416 e. The van der Waals surface area contributed by atoms with Crippen LogP contribution in [0.3, 0.4) is 0 Å². The van der Waals surface area contributed by atoms with Gasteiger partial charge in [0.25, 0.3) is 0 Å². The van der Waals surface area contributed by atoms with Crippen molar-refractivity contribution in [1.82, 2.24) is 5.32 Å². The molecule has 0 spiro atoms. The van der Waals surface area contributed by atoms with E-state index in [2.05, 4.69) is 39.9 Å². The first-order valence-electron chi connectivity index (χ1n) is 11.1. The van der Waals surface area contributed by atoms with Gasteiger partial charge in [0.15, 0.2) is 0 Å². The summed E-state index contributed by atoms with van der Waals surface area (Å²) in [6.07, 6.45) is -2.16. The number of aromatic hydroxyl groups is 1. The predicted octanol–water partition coefficient (Wildman–Crippen LogP) is 5.32. The van der Waals surface area contributed by atoms with Gasteiger partial charge in [-0.05, 0) is 35.7 Å². The third-order valence-electron chi connectivity index (χ3n) is 5.32. The van der Waals surface area contributed by atoms with Crippen LogP contribution in [0.25, 0.3) is 5.32 Å². The molecule has 0 atom stereocenters. The summed E-state index contributed by atoms with van der Waals surface area (Å²) in [6, 6.07) is 24.0. The zero-order valence-corrected chi connectivity index (χ0v) is 22.7. The standard InChI is InChI=1S/C20H21N4O.C7H5F3O.Y/c21-20(25)17-11-12-22-13-18(17)23-14-24-19(15-7-3-1-4-8-15)16-9-5-2-6-10-16;8-7(9,10)5-2-1-3-6(11)4-5;/h1-10,14,19H,11-13H2,(H2,21,25)(H,23,24);1-4,11H;/q-1;;. The average molecular weight is 584 g/mol. The van der Waals surface area contributed by atoms with Crippen LogP contribution in [0, 0.1) is 0 Å². The first kappa shape index (κ1) is 30.2. The van der Waals surface area contributed by atoms with E-state index in [1.807, 2.05) is 36.4 Å². The normalized spacial score (nSPS) is 13.5. The molecule has 0 unspecified atom stereocenters. The molecule has 191 valence electrons. The second kappa shape index (κ2) is 14.7. The number of nitrogens with two attached hydrogens (primary N) is 1. The van der Waals surface area contributed by atoms with Crippen molar-refractivity contribution in [3.63, 3.8) is 0 Å². The second-order valence-corrected chi connectivity index (χ2v) is 7.87. The van der Waals surface area contributed by atoms with Crippen LogP contribution in [-0.2, 0) is 43.7 Å². The van der Waals surface area contributed by atoms with Crippen LogP contribution >= 0.6 is 0 Å². The van der Waals surface area contributed by atoms with Crippen LogP contribution in [0.15, 0.2) is 101 Å². The molecule has 1 amide bonds. The Bertz CT molecular complexity index is 1160. The van der Waals surface area contributed by atoms with Crippen molar-refractivity contribution in [2.45, 2.75) is 18.6 Å². The molecule has 0 saturated heterocycles. The number of aliphatic imine (C=N–C) groups is 1. The zero-order chi connectivity index (χ0) is 26.0. The minimum absolute atomic E-state index is 0. The Hall–Kier alpha value is -3.01. The number of carbonyl (C=O) groups is 1. The Kier molecular flexibility index (Phi) is 12.0. The van der Waals surface area contributed by atoms with E-state index in [-0.39, 0.29) is 44.5 Å². The van der Waals surface area contributed by atoms with Crippen molar-refractivity contribution in [1.29, 1.82) is 0 Å². The Labute approximate surface area is 238 Å². The summed E-state index contributed by atoms with van der Waals surface area (Å²) in [4.78, 5) is 16.2. The molecule has 3 aromatic rings.